The molecule has 41 heavy (non-hydrogen) atoms. The topological polar surface area (TPSA) is 110 Å². The summed E-state index contributed by atoms with van der Waals surface area (Å²) >= 11 is 6.85. The molecule has 0 spiro atoms. The van der Waals surface area contributed by atoms with E-state index >= 15 is 4.39 Å². The van der Waals surface area contributed by atoms with Gasteiger partial charge in [0.05, 0.1) is 22.5 Å². The fourth-order valence-electron chi connectivity index (χ4n) is 5.39. The van der Waals surface area contributed by atoms with Crippen molar-refractivity contribution in [2.24, 2.45) is 11.7 Å². The third-order valence-corrected chi connectivity index (χ3v) is 7.94. The lowest BCUT2D eigenvalue weighted by Gasteiger charge is -2.22. The lowest BCUT2D eigenvalue weighted by Crippen LogP contribution is -2.27. The lowest BCUT2D eigenvalue weighted by molar-refractivity contribution is -0.0837. The molecule has 2 fully saturated rings. The summed E-state index contributed by atoms with van der Waals surface area (Å²) in [6, 6.07) is 1.11. The molecule has 2 unspecified atom stereocenters. The smallest absolute Gasteiger partial charge is 0.434 e. The van der Waals surface area contributed by atoms with Crippen LogP contribution in [0.3, 0.4) is 0 Å². The minimum absolute atomic E-state index is 0.000491. The number of nitrogens with two attached hydrogens (primary N) is 1. The molecule has 1 heterocycles. The number of fused-ring (bicyclic) bond motifs is 1. The minimum atomic E-state index is -1.37. The number of aromatic nitrogens is 1. The van der Waals surface area contributed by atoms with Crippen molar-refractivity contribution in [2.75, 3.05) is 6.61 Å². The van der Waals surface area contributed by atoms with Crippen LogP contribution >= 0.6 is 11.6 Å². The third-order valence-electron chi connectivity index (χ3n) is 7.56. The average molecular weight is 585 g/mol. The van der Waals surface area contributed by atoms with Crippen LogP contribution in [-0.2, 0) is 14.2 Å². The first-order chi connectivity index (χ1) is 19.6. The zero-order valence-corrected chi connectivity index (χ0v) is 23.8. The first-order valence-corrected chi connectivity index (χ1v) is 14.3. The van der Waals surface area contributed by atoms with Gasteiger partial charge in [-0.3, -0.25) is 4.79 Å². The summed E-state index contributed by atoms with van der Waals surface area (Å²) in [7, 11) is 0. The van der Waals surface area contributed by atoms with Crippen molar-refractivity contribution in [3.63, 3.8) is 0 Å². The van der Waals surface area contributed by atoms with Crippen LogP contribution in [0, 0.1) is 36.4 Å². The van der Waals surface area contributed by atoms with Crippen LogP contribution in [0.1, 0.15) is 92.6 Å². The number of halogens is 2. The Kier molecular flexibility index (Phi) is 9.96. The first-order valence-electron chi connectivity index (χ1n) is 13.9. The van der Waals surface area contributed by atoms with E-state index in [9.17, 15) is 14.4 Å². The van der Waals surface area contributed by atoms with Crippen molar-refractivity contribution >= 4 is 34.6 Å². The molecule has 2 N–H and O–H groups in total. The second-order valence-corrected chi connectivity index (χ2v) is 11.2. The molecule has 2 saturated carbocycles. The molecule has 0 bridgehead atoms. The number of pyridine rings is 1. The Hall–Kier alpha value is -3.53. The predicted octanol–water partition coefficient (Wildman–Crippen LogP) is 5.82. The van der Waals surface area contributed by atoms with E-state index < -0.39 is 29.7 Å². The van der Waals surface area contributed by atoms with Gasteiger partial charge in [0.2, 0.25) is 11.7 Å². The number of carbonyl (C=O) groups is 2. The monoisotopic (exact) mass is 584 g/mol. The van der Waals surface area contributed by atoms with Crippen LogP contribution in [0.15, 0.2) is 17.1 Å². The van der Waals surface area contributed by atoms with Crippen molar-refractivity contribution in [3.05, 3.63) is 44.5 Å². The fourth-order valence-corrected chi connectivity index (χ4v) is 5.84. The molecule has 1 aromatic carbocycles. The maximum atomic E-state index is 15.6. The Morgan fingerprint density at radius 2 is 1.85 bits per heavy atom. The number of nitrogens with zero attached hydrogens (tertiary/aromatic N) is 1. The summed E-state index contributed by atoms with van der Waals surface area (Å²) < 4.78 is 32.6. The molecule has 4 rings (SSSR count). The number of ether oxygens (including phenoxy) is 3. The maximum absolute atomic E-state index is 15.6. The van der Waals surface area contributed by atoms with E-state index in [0.29, 0.717) is 30.3 Å². The first kappa shape index (κ1) is 30.4. The van der Waals surface area contributed by atoms with Gasteiger partial charge in [0.25, 0.3) is 0 Å². The number of esters is 1. The molecule has 1 aromatic heterocycles. The van der Waals surface area contributed by atoms with E-state index in [2.05, 4.69) is 11.8 Å². The molecule has 2 aliphatic carbocycles. The van der Waals surface area contributed by atoms with Crippen molar-refractivity contribution in [1.82, 2.24) is 4.57 Å². The van der Waals surface area contributed by atoms with E-state index in [1.807, 2.05) is 0 Å². The molecule has 10 heteroatoms. The molecule has 0 saturated heterocycles. The highest BCUT2D eigenvalue weighted by Gasteiger charge is 2.32. The summed E-state index contributed by atoms with van der Waals surface area (Å²) in [5.74, 6) is 2.90. The summed E-state index contributed by atoms with van der Waals surface area (Å²) in [6.07, 6.45) is 15.9. The standard InChI is InChI=1S/C31H34ClFN2O6/c1-4-8-19(9-5-2)17-39-31(38)41-18(3)40-30(37)24-16-35(22-12-13-22)28-23(29(24)36)15-25(33)26(27(28)32)20-10-6-7-11-21(34)14-20/h1-2,15-16,18-22H,6-14,17,34H2,3H3/t18?,20?,21-/m1/s1. The van der Waals surface area contributed by atoms with Gasteiger partial charge in [-0.25, -0.2) is 14.0 Å². The normalized spacial score (nSPS) is 19.6. The second kappa shape index (κ2) is 13.4. The van der Waals surface area contributed by atoms with Gasteiger partial charge in [0.15, 0.2) is 0 Å². The highest BCUT2D eigenvalue weighted by Crippen LogP contribution is 2.43. The lowest BCUT2D eigenvalue weighted by atomic mass is 9.89. The summed E-state index contributed by atoms with van der Waals surface area (Å²) in [5, 5.41) is 0.159. The van der Waals surface area contributed by atoms with Gasteiger partial charge in [0.1, 0.15) is 11.4 Å². The maximum Gasteiger partial charge on any atom is 0.511 e. The van der Waals surface area contributed by atoms with Crippen LogP contribution in [0.2, 0.25) is 5.02 Å². The molecule has 0 aliphatic heterocycles. The Morgan fingerprint density at radius 1 is 1.17 bits per heavy atom. The molecule has 2 aromatic rings. The number of terminal acetylenes is 2. The van der Waals surface area contributed by atoms with Crippen molar-refractivity contribution in [3.8, 4) is 24.7 Å². The van der Waals surface area contributed by atoms with Crippen molar-refractivity contribution < 1.29 is 28.2 Å². The Morgan fingerprint density at radius 3 is 2.51 bits per heavy atom. The summed E-state index contributed by atoms with van der Waals surface area (Å²) in [5.41, 5.74) is 5.95. The zero-order chi connectivity index (χ0) is 29.7. The molecular weight excluding hydrogens is 551 g/mol. The fraction of sp³-hybridized carbons (Fsp3) is 0.516. The highest BCUT2D eigenvalue weighted by molar-refractivity contribution is 6.36. The van der Waals surface area contributed by atoms with Crippen molar-refractivity contribution in [1.29, 1.82) is 0 Å². The zero-order valence-electron chi connectivity index (χ0n) is 23.0. The molecule has 218 valence electrons. The van der Waals surface area contributed by atoms with E-state index in [4.69, 9.17) is 44.4 Å². The van der Waals surface area contributed by atoms with E-state index in [-0.39, 0.29) is 46.5 Å². The Bertz CT molecular complexity index is 1440. The van der Waals surface area contributed by atoms with E-state index in [0.717, 1.165) is 44.6 Å². The van der Waals surface area contributed by atoms with Gasteiger partial charge in [-0.2, -0.15) is 0 Å². The largest absolute Gasteiger partial charge is 0.511 e. The Labute approximate surface area is 243 Å². The number of hydrogen-bond acceptors (Lipinski definition) is 7. The van der Waals surface area contributed by atoms with Crippen molar-refractivity contribution in [2.45, 2.75) is 89.0 Å². The molecule has 3 atom stereocenters. The molecular formula is C31H34ClFN2O6. The van der Waals surface area contributed by atoms with Gasteiger partial charge in [-0.1, -0.05) is 24.4 Å². The molecule has 8 nitrogen and oxygen atoms in total. The van der Waals surface area contributed by atoms with Gasteiger partial charge in [0, 0.05) is 49.5 Å². The molecule has 2 aliphatic rings. The third kappa shape index (κ3) is 7.22. The number of carbonyl (C=O) groups excluding carboxylic acids is 2. The van der Waals surface area contributed by atoms with Gasteiger partial charge < -0.3 is 24.5 Å². The quantitative estimate of drug-likeness (QED) is 0.171. The van der Waals surface area contributed by atoms with Crippen LogP contribution in [0.25, 0.3) is 10.9 Å². The average Bonchev–Trinajstić information content (AvgIpc) is 3.77. The highest BCUT2D eigenvalue weighted by atomic mass is 35.5. The van der Waals surface area contributed by atoms with Gasteiger partial charge in [-0.05, 0) is 44.1 Å². The van der Waals surface area contributed by atoms with Gasteiger partial charge >= 0.3 is 12.1 Å². The second-order valence-electron chi connectivity index (χ2n) is 10.8. The summed E-state index contributed by atoms with van der Waals surface area (Å²) in [4.78, 5) is 38.6. The van der Waals surface area contributed by atoms with E-state index in [1.54, 1.807) is 4.57 Å². The van der Waals surface area contributed by atoms with Gasteiger partial charge in [-0.15, -0.1) is 24.7 Å². The Balaban J connectivity index is 1.57. The predicted molar refractivity (Wildman–Crippen MR) is 153 cm³/mol. The van der Waals surface area contributed by atoms with Crippen LogP contribution in [0.4, 0.5) is 9.18 Å². The molecule has 0 radical (unpaired) electrons. The van der Waals surface area contributed by atoms with Crippen LogP contribution < -0.4 is 11.2 Å². The number of rotatable bonds is 9. The SMILES string of the molecule is C#CCC(CC#C)COC(=O)OC(C)OC(=O)c1cn(C2CC2)c2c(Cl)c(C3CCCC[C@@H](N)C3)c(F)cc2c1=O. The summed E-state index contributed by atoms with van der Waals surface area (Å²) in [6.45, 7) is 1.24. The van der Waals surface area contributed by atoms with Crippen LogP contribution in [-0.4, -0.2) is 35.6 Å². The minimum Gasteiger partial charge on any atom is -0.434 e. The number of benzene rings is 1. The van der Waals surface area contributed by atoms with E-state index in [1.165, 1.54) is 13.1 Å². The van der Waals surface area contributed by atoms with Crippen LogP contribution in [0.5, 0.6) is 0 Å². The molecule has 0 amide bonds. The number of hydrogen-bond donors (Lipinski definition) is 1.